The first-order valence-corrected chi connectivity index (χ1v) is 16.6. The smallest absolute Gasteiger partial charge is 0.343 e. The Balaban J connectivity index is 0.000000896. The molecular formula is C38H48N2O7. The Morgan fingerprint density at radius 2 is 1.47 bits per heavy atom. The second-order valence-electron chi connectivity index (χ2n) is 11.9. The molecule has 0 bridgehead atoms. The van der Waals surface area contributed by atoms with E-state index in [1.165, 1.54) is 62.0 Å². The van der Waals surface area contributed by atoms with Gasteiger partial charge in [0.15, 0.2) is 0 Å². The Morgan fingerprint density at radius 1 is 0.851 bits per heavy atom. The molecule has 0 aliphatic heterocycles. The summed E-state index contributed by atoms with van der Waals surface area (Å²) in [6.07, 6.45) is 12.7. The molecule has 3 aromatic carbocycles. The van der Waals surface area contributed by atoms with Gasteiger partial charge in [0.05, 0.1) is 12.2 Å². The normalized spacial score (nSPS) is 12.4. The Morgan fingerprint density at radius 3 is 2.04 bits per heavy atom. The molecule has 47 heavy (non-hydrogen) atoms. The zero-order chi connectivity index (χ0) is 33.9. The minimum Gasteiger partial charge on any atom is -0.494 e. The molecule has 3 aromatic rings. The van der Waals surface area contributed by atoms with Crippen LogP contribution in [0.3, 0.4) is 0 Å². The molecule has 0 atom stereocenters. The molecule has 1 aliphatic carbocycles. The van der Waals surface area contributed by atoms with Gasteiger partial charge in [0, 0.05) is 17.8 Å². The molecule has 9 nitrogen and oxygen atoms in total. The third-order valence-corrected chi connectivity index (χ3v) is 8.03. The van der Waals surface area contributed by atoms with Gasteiger partial charge in [-0.15, -0.1) is 0 Å². The summed E-state index contributed by atoms with van der Waals surface area (Å²) in [7, 11) is 0. The number of carboxylic acids is 1. The Labute approximate surface area is 278 Å². The van der Waals surface area contributed by atoms with Crippen LogP contribution in [0.25, 0.3) is 0 Å². The number of nitrogens with zero attached hydrogens (tertiary/aromatic N) is 1. The van der Waals surface area contributed by atoms with Crippen molar-refractivity contribution < 1.29 is 33.8 Å². The van der Waals surface area contributed by atoms with Gasteiger partial charge in [0.1, 0.15) is 18.0 Å². The summed E-state index contributed by atoms with van der Waals surface area (Å²) in [6, 6.07) is 19.9. The van der Waals surface area contributed by atoms with Crippen LogP contribution in [0.4, 0.5) is 5.69 Å². The quantitative estimate of drug-likeness (QED) is 0.0666. The van der Waals surface area contributed by atoms with Crippen molar-refractivity contribution in [1.82, 2.24) is 4.90 Å². The highest BCUT2D eigenvalue weighted by Crippen LogP contribution is 2.23. The third kappa shape index (κ3) is 13.7. The van der Waals surface area contributed by atoms with E-state index in [0.717, 1.165) is 24.3 Å². The number of unbranched alkanes of at least 4 members (excludes halogenated alkanes) is 4. The molecule has 0 radical (unpaired) electrons. The molecule has 2 amide bonds. The zero-order valence-corrected chi connectivity index (χ0v) is 27.6. The largest absolute Gasteiger partial charge is 0.494 e. The predicted octanol–water partition coefficient (Wildman–Crippen LogP) is 7.79. The number of hydrogen-bond acceptors (Lipinski definition) is 6. The highest BCUT2D eigenvalue weighted by molar-refractivity contribution is 5.96. The Kier molecular flexibility index (Phi) is 16.0. The summed E-state index contributed by atoms with van der Waals surface area (Å²) in [5.41, 5.74) is 2.08. The van der Waals surface area contributed by atoms with Crippen LogP contribution in [0.1, 0.15) is 97.9 Å². The first-order chi connectivity index (χ1) is 22.8. The van der Waals surface area contributed by atoms with Gasteiger partial charge in [0.2, 0.25) is 6.41 Å². The van der Waals surface area contributed by atoms with Crippen LogP contribution in [0.5, 0.6) is 11.5 Å². The third-order valence-electron chi connectivity index (χ3n) is 8.03. The van der Waals surface area contributed by atoms with Crippen molar-refractivity contribution >= 4 is 29.9 Å². The van der Waals surface area contributed by atoms with Crippen LogP contribution in [0.15, 0.2) is 72.8 Å². The molecule has 0 heterocycles. The predicted molar refractivity (Wildman–Crippen MR) is 183 cm³/mol. The lowest BCUT2D eigenvalue weighted by Gasteiger charge is -2.21. The number of benzene rings is 3. The fraction of sp³-hybridized carbons (Fsp3) is 0.421. The molecule has 0 unspecified atom stereocenters. The van der Waals surface area contributed by atoms with Gasteiger partial charge >= 0.3 is 11.9 Å². The first kappa shape index (κ1) is 36.8. The average Bonchev–Trinajstić information content (AvgIpc) is 3.56. The number of hydrogen-bond donors (Lipinski definition) is 2. The molecule has 1 fully saturated rings. The molecule has 1 aliphatic rings. The van der Waals surface area contributed by atoms with Crippen LogP contribution >= 0.6 is 0 Å². The summed E-state index contributed by atoms with van der Waals surface area (Å²) in [5.74, 6) is 0.0831. The van der Waals surface area contributed by atoms with E-state index < -0.39 is 24.4 Å². The summed E-state index contributed by atoms with van der Waals surface area (Å²) in [5, 5.41) is 11.8. The minimum absolute atomic E-state index is 0.172. The molecular weight excluding hydrogens is 596 g/mol. The van der Waals surface area contributed by atoms with Gasteiger partial charge in [-0.25, -0.2) is 4.79 Å². The number of rotatable bonds is 17. The maximum Gasteiger partial charge on any atom is 0.343 e. The molecule has 0 saturated heterocycles. The van der Waals surface area contributed by atoms with E-state index in [1.807, 2.05) is 0 Å². The van der Waals surface area contributed by atoms with Crippen molar-refractivity contribution in [1.29, 1.82) is 0 Å². The number of nitrogens with one attached hydrogen (secondary N) is 1. The number of amides is 2. The lowest BCUT2D eigenvalue weighted by molar-refractivity contribution is -0.137. The van der Waals surface area contributed by atoms with Crippen LogP contribution in [-0.2, 0) is 16.0 Å². The van der Waals surface area contributed by atoms with Gasteiger partial charge in [0.25, 0.3) is 5.91 Å². The number of carboxylic acid groups (broad SMARTS) is 1. The van der Waals surface area contributed by atoms with E-state index in [4.69, 9.17) is 9.47 Å². The lowest BCUT2D eigenvalue weighted by atomic mass is 10.1. The van der Waals surface area contributed by atoms with Crippen molar-refractivity contribution in [2.24, 2.45) is 5.92 Å². The minimum atomic E-state index is -1.12. The van der Waals surface area contributed by atoms with E-state index in [-0.39, 0.29) is 6.54 Å². The fourth-order valence-corrected chi connectivity index (χ4v) is 5.24. The summed E-state index contributed by atoms with van der Waals surface area (Å²) in [4.78, 5) is 48.7. The van der Waals surface area contributed by atoms with E-state index in [0.29, 0.717) is 47.8 Å². The van der Waals surface area contributed by atoms with Crippen LogP contribution in [0, 0.1) is 5.92 Å². The molecule has 252 valence electrons. The van der Waals surface area contributed by atoms with E-state index in [1.54, 1.807) is 60.7 Å². The standard InChI is InChI=1S/C32H36N2O7.C6H12/c1-2-3-4-5-6-21-40-28-17-11-26(12-18-28)32(39)41-29-15-7-24(8-16-29)19-20-34(22-30(36)37)31(38)25-9-13-27(14-10-25)33-23-35;1-6-4-2-3-5-6/h7-18,23H,2-6,19-22H2,1H3,(H,33,35)(H,36,37);6H,2-5H2,1H3. The summed E-state index contributed by atoms with van der Waals surface area (Å²) in [6.45, 7) is 4.89. The second-order valence-corrected chi connectivity index (χ2v) is 11.9. The number of esters is 1. The topological polar surface area (TPSA) is 122 Å². The van der Waals surface area contributed by atoms with Gasteiger partial charge in [-0.05, 0) is 85.0 Å². The molecule has 9 heteroatoms. The number of ether oxygens (including phenoxy) is 2. The van der Waals surface area contributed by atoms with E-state index in [2.05, 4.69) is 19.2 Å². The molecule has 0 aromatic heterocycles. The molecule has 2 N–H and O–H groups in total. The van der Waals surface area contributed by atoms with Crippen molar-refractivity contribution in [3.05, 3.63) is 89.5 Å². The van der Waals surface area contributed by atoms with Crippen LogP contribution < -0.4 is 14.8 Å². The summed E-state index contributed by atoms with van der Waals surface area (Å²) < 4.78 is 11.2. The monoisotopic (exact) mass is 644 g/mol. The molecule has 1 saturated carbocycles. The van der Waals surface area contributed by atoms with Gasteiger partial charge < -0.3 is 24.8 Å². The number of carbonyl (C=O) groups excluding carboxylic acids is 3. The zero-order valence-electron chi connectivity index (χ0n) is 27.6. The first-order valence-electron chi connectivity index (χ1n) is 16.6. The maximum absolute atomic E-state index is 12.9. The van der Waals surface area contributed by atoms with Crippen molar-refractivity contribution in [3.63, 3.8) is 0 Å². The SMILES string of the molecule is CC1CCCC1.CCCCCCCOc1ccc(C(=O)Oc2ccc(CCN(CC(=O)O)C(=O)c3ccc(NC=O)cc3)cc2)cc1. The van der Waals surface area contributed by atoms with Crippen molar-refractivity contribution in [2.45, 2.75) is 78.1 Å². The number of aliphatic carboxylic acids is 1. The van der Waals surface area contributed by atoms with E-state index in [9.17, 15) is 24.3 Å². The fourth-order valence-electron chi connectivity index (χ4n) is 5.24. The Hall–Kier alpha value is -4.66. The molecule has 4 rings (SSSR count). The van der Waals surface area contributed by atoms with Crippen LogP contribution in [-0.4, -0.2) is 54.0 Å². The maximum atomic E-state index is 12.9. The highest BCUT2D eigenvalue weighted by atomic mass is 16.5. The van der Waals surface area contributed by atoms with Crippen LogP contribution in [0.2, 0.25) is 0 Å². The number of anilines is 1. The van der Waals surface area contributed by atoms with Gasteiger partial charge in [-0.3, -0.25) is 14.4 Å². The van der Waals surface area contributed by atoms with Crippen molar-refractivity contribution in [2.75, 3.05) is 25.0 Å². The van der Waals surface area contributed by atoms with E-state index >= 15 is 0 Å². The Bertz CT molecular complexity index is 1380. The molecule has 0 spiro atoms. The summed E-state index contributed by atoms with van der Waals surface area (Å²) >= 11 is 0. The lowest BCUT2D eigenvalue weighted by Crippen LogP contribution is -2.37. The number of carbonyl (C=O) groups is 4. The second kappa shape index (κ2) is 20.5. The van der Waals surface area contributed by atoms with Gasteiger partial charge in [-0.1, -0.05) is 77.3 Å². The average molecular weight is 645 g/mol. The highest BCUT2D eigenvalue weighted by Gasteiger charge is 2.19. The van der Waals surface area contributed by atoms with Crippen molar-refractivity contribution in [3.8, 4) is 11.5 Å². The van der Waals surface area contributed by atoms with Gasteiger partial charge in [-0.2, -0.15) is 0 Å².